The van der Waals surface area contributed by atoms with E-state index < -0.39 is 46.1 Å². The van der Waals surface area contributed by atoms with E-state index in [1.54, 1.807) is 20.8 Å². The minimum Gasteiger partial charge on any atom is -0.460 e. The first-order chi connectivity index (χ1) is 14.8. The number of esters is 1. The van der Waals surface area contributed by atoms with Crippen molar-refractivity contribution in [2.45, 2.75) is 61.5 Å². The van der Waals surface area contributed by atoms with Gasteiger partial charge in [-0.2, -0.15) is 0 Å². The highest BCUT2D eigenvalue weighted by molar-refractivity contribution is 6.67. The van der Waals surface area contributed by atoms with Crippen molar-refractivity contribution in [2.75, 3.05) is 13.2 Å². The molecule has 32 heavy (non-hydrogen) atoms. The van der Waals surface area contributed by atoms with Crippen LogP contribution < -0.4 is 10.7 Å². The average Bonchev–Trinajstić information content (AvgIpc) is 2.70. The van der Waals surface area contributed by atoms with Gasteiger partial charge in [0.15, 0.2) is 0 Å². The maximum absolute atomic E-state index is 13.3. The molecule has 2 N–H and O–H groups in total. The average molecular weight is 509 g/mol. The van der Waals surface area contributed by atoms with Gasteiger partial charge >= 0.3 is 12.1 Å². The maximum Gasteiger partial charge on any atom is 0.408 e. The summed E-state index contributed by atoms with van der Waals surface area (Å²) in [6.45, 7) is 5.16. The van der Waals surface area contributed by atoms with Gasteiger partial charge < -0.3 is 14.8 Å². The molecule has 2 amide bonds. The van der Waals surface area contributed by atoms with Crippen molar-refractivity contribution < 1.29 is 23.9 Å². The number of rotatable bonds is 6. The molecule has 1 saturated heterocycles. The van der Waals surface area contributed by atoms with Gasteiger partial charge in [0.2, 0.25) is 3.79 Å². The van der Waals surface area contributed by atoms with Crippen LogP contribution in [0.2, 0.25) is 0 Å². The molecular weight excluding hydrogens is 481 g/mol. The van der Waals surface area contributed by atoms with Gasteiger partial charge in [0.05, 0.1) is 0 Å². The van der Waals surface area contributed by atoms with Crippen molar-refractivity contribution in [2.24, 2.45) is 0 Å². The standard InChI is InChI=1S/C21H28Cl3N3O5/c1-20(2,3)32-19(30)25-16(12-14-8-5-4-6-9-14)17(28)27-11-7-10-15(26-27)18(29)31-13-21(22,23)24/h4-6,8-9,15-16,26H,7,10-13H2,1-3H3,(H,25,30)/t15-,16?/m0/s1. The summed E-state index contributed by atoms with van der Waals surface area (Å²) in [6.07, 6.45) is 0.545. The maximum atomic E-state index is 13.3. The Kier molecular flexibility index (Phi) is 9.45. The quantitative estimate of drug-likeness (QED) is 0.451. The summed E-state index contributed by atoms with van der Waals surface area (Å²) >= 11 is 16.9. The monoisotopic (exact) mass is 507 g/mol. The van der Waals surface area contributed by atoms with Crippen LogP contribution >= 0.6 is 34.8 Å². The summed E-state index contributed by atoms with van der Waals surface area (Å²) in [4.78, 5) is 37.9. The molecule has 0 bridgehead atoms. The fourth-order valence-corrected chi connectivity index (χ4v) is 3.22. The van der Waals surface area contributed by atoms with Crippen LogP contribution in [0, 0.1) is 0 Å². The van der Waals surface area contributed by atoms with E-state index in [4.69, 9.17) is 44.3 Å². The number of carbonyl (C=O) groups excluding carboxylic acids is 3. The van der Waals surface area contributed by atoms with Crippen LogP contribution in [0.5, 0.6) is 0 Å². The molecule has 1 aliphatic heterocycles. The van der Waals surface area contributed by atoms with Crippen LogP contribution in [-0.4, -0.2) is 57.6 Å². The third-order valence-electron chi connectivity index (χ3n) is 4.39. The van der Waals surface area contributed by atoms with Gasteiger partial charge in [-0.3, -0.25) is 14.6 Å². The summed E-state index contributed by atoms with van der Waals surface area (Å²) in [5.74, 6) is -1.04. The van der Waals surface area contributed by atoms with Gasteiger partial charge in [-0.15, -0.1) is 0 Å². The van der Waals surface area contributed by atoms with Crippen molar-refractivity contribution in [3.05, 3.63) is 35.9 Å². The lowest BCUT2D eigenvalue weighted by Gasteiger charge is -2.35. The van der Waals surface area contributed by atoms with Crippen molar-refractivity contribution in [3.8, 4) is 0 Å². The SMILES string of the molecule is CC(C)(C)OC(=O)NC(Cc1ccccc1)C(=O)N1CCC[C@@H](C(=O)OCC(Cl)(Cl)Cl)N1. The molecule has 0 radical (unpaired) electrons. The fraction of sp³-hybridized carbons (Fsp3) is 0.571. The Morgan fingerprint density at radius 3 is 2.44 bits per heavy atom. The van der Waals surface area contributed by atoms with Crippen LogP contribution in [0.3, 0.4) is 0 Å². The number of hydrogen-bond donors (Lipinski definition) is 2. The number of amides is 2. The smallest absolute Gasteiger partial charge is 0.408 e. The molecule has 2 atom stereocenters. The molecule has 1 fully saturated rings. The van der Waals surface area contributed by atoms with Gasteiger partial charge in [0.1, 0.15) is 24.3 Å². The molecule has 2 rings (SSSR count). The molecule has 0 aromatic heterocycles. The first-order valence-electron chi connectivity index (χ1n) is 10.2. The van der Waals surface area contributed by atoms with E-state index in [0.29, 0.717) is 19.4 Å². The lowest BCUT2D eigenvalue weighted by atomic mass is 10.0. The summed E-state index contributed by atoms with van der Waals surface area (Å²) in [7, 11) is 0. The van der Waals surface area contributed by atoms with E-state index in [2.05, 4.69) is 10.7 Å². The Labute approximate surface area is 202 Å². The molecule has 11 heteroatoms. The molecule has 0 spiro atoms. The molecule has 0 saturated carbocycles. The number of carbonyl (C=O) groups is 3. The van der Waals surface area contributed by atoms with Crippen molar-refractivity contribution >= 4 is 52.8 Å². The predicted octanol–water partition coefficient (Wildman–Crippen LogP) is 3.53. The highest BCUT2D eigenvalue weighted by Crippen LogP contribution is 2.26. The zero-order valence-corrected chi connectivity index (χ0v) is 20.5. The predicted molar refractivity (Wildman–Crippen MR) is 122 cm³/mol. The van der Waals surface area contributed by atoms with Gasteiger partial charge in [-0.05, 0) is 39.2 Å². The van der Waals surface area contributed by atoms with Gasteiger partial charge in [0.25, 0.3) is 5.91 Å². The van der Waals surface area contributed by atoms with Crippen LogP contribution in [0.1, 0.15) is 39.2 Å². The molecule has 0 aliphatic carbocycles. The fourth-order valence-electron chi connectivity index (χ4n) is 3.06. The van der Waals surface area contributed by atoms with E-state index in [1.807, 2.05) is 30.3 Å². The lowest BCUT2D eigenvalue weighted by molar-refractivity contribution is -0.152. The zero-order valence-electron chi connectivity index (χ0n) is 18.2. The number of ether oxygens (including phenoxy) is 2. The number of alkyl halides is 3. The number of benzene rings is 1. The lowest BCUT2D eigenvalue weighted by Crippen LogP contribution is -2.60. The third kappa shape index (κ3) is 9.40. The Hall–Kier alpha value is -1.74. The third-order valence-corrected chi connectivity index (χ3v) is 4.71. The zero-order chi connectivity index (χ0) is 23.9. The Bertz CT molecular complexity index is 796. The highest BCUT2D eigenvalue weighted by atomic mass is 35.6. The summed E-state index contributed by atoms with van der Waals surface area (Å²) in [6, 6.07) is 7.59. The largest absolute Gasteiger partial charge is 0.460 e. The summed E-state index contributed by atoms with van der Waals surface area (Å²) in [5, 5.41) is 3.96. The second kappa shape index (κ2) is 11.4. The Morgan fingerprint density at radius 2 is 1.84 bits per heavy atom. The Morgan fingerprint density at radius 1 is 1.19 bits per heavy atom. The number of hydrogen-bond acceptors (Lipinski definition) is 6. The van der Waals surface area contributed by atoms with Crippen LogP contribution in [-0.2, 0) is 25.5 Å². The second-order valence-corrected chi connectivity index (χ2v) is 10.9. The van der Waals surface area contributed by atoms with Crippen molar-refractivity contribution in [1.82, 2.24) is 15.8 Å². The molecule has 1 heterocycles. The molecular formula is C21H28Cl3N3O5. The molecule has 1 aromatic rings. The normalized spacial score (nSPS) is 17.9. The number of hydrazine groups is 1. The minimum atomic E-state index is -1.72. The van der Waals surface area contributed by atoms with E-state index >= 15 is 0 Å². The summed E-state index contributed by atoms with van der Waals surface area (Å²) in [5.41, 5.74) is 3.01. The molecule has 178 valence electrons. The van der Waals surface area contributed by atoms with Gasteiger partial charge in [-0.1, -0.05) is 65.1 Å². The van der Waals surface area contributed by atoms with E-state index in [1.165, 1.54) is 5.01 Å². The van der Waals surface area contributed by atoms with Crippen molar-refractivity contribution in [1.29, 1.82) is 0 Å². The van der Waals surface area contributed by atoms with Gasteiger partial charge in [0, 0.05) is 13.0 Å². The van der Waals surface area contributed by atoms with Gasteiger partial charge in [-0.25, -0.2) is 10.2 Å². The topological polar surface area (TPSA) is 97.0 Å². The van der Waals surface area contributed by atoms with Crippen LogP contribution in [0.25, 0.3) is 0 Å². The number of nitrogens with one attached hydrogen (secondary N) is 2. The highest BCUT2D eigenvalue weighted by Gasteiger charge is 2.34. The van der Waals surface area contributed by atoms with Crippen LogP contribution in [0.15, 0.2) is 30.3 Å². The number of alkyl carbamates (subject to hydrolysis) is 1. The molecule has 8 nitrogen and oxygen atoms in total. The molecule has 1 aliphatic rings. The first kappa shape index (κ1) is 26.5. The molecule has 1 aromatic carbocycles. The Balaban J connectivity index is 2.09. The van der Waals surface area contributed by atoms with Crippen LogP contribution in [0.4, 0.5) is 4.79 Å². The first-order valence-corrected chi connectivity index (χ1v) is 11.3. The number of nitrogens with zero attached hydrogens (tertiary/aromatic N) is 1. The van der Waals surface area contributed by atoms with E-state index in [0.717, 1.165) is 5.56 Å². The van der Waals surface area contributed by atoms with E-state index in [9.17, 15) is 14.4 Å². The number of halogens is 3. The summed E-state index contributed by atoms with van der Waals surface area (Å²) < 4.78 is 8.61. The minimum absolute atomic E-state index is 0.249. The van der Waals surface area contributed by atoms with E-state index in [-0.39, 0.29) is 6.42 Å². The van der Waals surface area contributed by atoms with Crippen molar-refractivity contribution in [3.63, 3.8) is 0 Å². The molecule has 1 unspecified atom stereocenters. The second-order valence-electron chi connectivity index (χ2n) is 8.43.